The van der Waals surface area contributed by atoms with Crippen molar-refractivity contribution in [3.63, 3.8) is 0 Å². The normalized spacial score (nSPS) is 11.3. The lowest BCUT2D eigenvalue weighted by Crippen LogP contribution is -2.13. The molecule has 0 amide bonds. The van der Waals surface area contributed by atoms with Crippen LogP contribution in [0.1, 0.15) is 11.1 Å². The van der Waals surface area contributed by atoms with E-state index in [2.05, 4.69) is 5.16 Å². The van der Waals surface area contributed by atoms with Crippen LogP contribution in [-0.4, -0.2) is 24.3 Å². The first-order chi connectivity index (χ1) is 10.3. The van der Waals surface area contributed by atoms with Gasteiger partial charge in [-0.1, -0.05) is 41.6 Å². The molecule has 0 bridgehead atoms. The Morgan fingerprint density at radius 3 is 2.62 bits per heavy atom. The van der Waals surface area contributed by atoms with Crippen molar-refractivity contribution in [3.8, 4) is 5.75 Å². The zero-order valence-electron chi connectivity index (χ0n) is 11.6. The van der Waals surface area contributed by atoms with Gasteiger partial charge in [0.15, 0.2) is 5.84 Å². The predicted octanol–water partition coefficient (Wildman–Crippen LogP) is 2.38. The summed E-state index contributed by atoms with van der Waals surface area (Å²) in [6.45, 7) is 1.43. The van der Waals surface area contributed by atoms with E-state index in [4.69, 9.17) is 20.4 Å². The Labute approximate surface area is 123 Å². The Morgan fingerprint density at radius 1 is 1.05 bits per heavy atom. The summed E-state index contributed by atoms with van der Waals surface area (Å²) in [5.41, 5.74) is 7.17. The predicted molar refractivity (Wildman–Crippen MR) is 80.5 cm³/mol. The summed E-state index contributed by atoms with van der Waals surface area (Å²) < 4.78 is 11.1. The maximum Gasteiger partial charge on any atom is 0.170 e. The van der Waals surface area contributed by atoms with Crippen LogP contribution in [-0.2, 0) is 11.3 Å². The molecule has 0 aromatic heterocycles. The van der Waals surface area contributed by atoms with E-state index in [0.717, 1.165) is 11.3 Å². The van der Waals surface area contributed by atoms with E-state index in [1.54, 1.807) is 6.07 Å². The second-order valence-corrected chi connectivity index (χ2v) is 4.40. The molecule has 0 heterocycles. The van der Waals surface area contributed by atoms with Crippen LogP contribution in [0.25, 0.3) is 0 Å². The van der Waals surface area contributed by atoms with Gasteiger partial charge in [-0.15, -0.1) is 0 Å². The third kappa shape index (κ3) is 4.81. The van der Waals surface area contributed by atoms with Crippen LogP contribution in [0.3, 0.4) is 0 Å². The number of oxime groups is 1. The molecule has 3 N–H and O–H groups in total. The highest BCUT2D eigenvalue weighted by Crippen LogP contribution is 2.09. The number of rotatable bonds is 7. The Balaban J connectivity index is 1.74. The molecule has 0 fully saturated rings. The minimum atomic E-state index is 0.0873. The van der Waals surface area contributed by atoms with Gasteiger partial charge in [0.1, 0.15) is 12.4 Å². The van der Waals surface area contributed by atoms with Crippen molar-refractivity contribution in [1.29, 1.82) is 0 Å². The summed E-state index contributed by atoms with van der Waals surface area (Å²) in [6, 6.07) is 17.0. The quantitative estimate of drug-likeness (QED) is 0.269. The Bertz CT molecular complexity index is 585. The molecule has 0 saturated carbocycles. The van der Waals surface area contributed by atoms with Gasteiger partial charge in [-0.25, -0.2) is 0 Å². The molecular formula is C16H18N2O3. The second-order valence-electron chi connectivity index (χ2n) is 4.40. The average molecular weight is 286 g/mol. The Morgan fingerprint density at radius 2 is 1.86 bits per heavy atom. The molecular weight excluding hydrogens is 268 g/mol. The van der Waals surface area contributed by atoms with Gasteiger partial charge in [-0.3, -0.25) is 0 Å². The molecule has 5 heteroatoms. The summed E-state index contributed by atoms with van der Waals surface area (Å²) in [6.07, 6.45) is 0. The standard InChI is InChI=1S/C16H18N2O3/c17-16(18-19)14-6-4-5-13(11-14)12-20-9-10-21-15-7-2-1-3-8-15/h1-8,11,19H,9-10,12H2,(H2,17,18). The van der Waals surface area contributed by atoms with E-state index in [0.29, 0.717) is 25.4 Å². The Kier molecular flexibility index (Phi) is 5.60. The van der Waals surface area contributed by atoms with Crippen LogP contribution < -0.4 is 10.5 Å². The number of benzene rings is 2. The van der Waals surface area contributed by atoms with Crippen LogP contribution >= 0.6 is 0 Å². The van der Waals surface area contributed by atoms with E-state index >= 15 is 0 Å². The van der Waals surface area contributed by atoms with Crippen molar-refractivity contribution in [1.82, 2.24) is 0 Å². The average Bonchev–Trinajstić information content (AvgIpc) is 2.55. The van der Waals surface area contributed by atoms with Crippen LogP contribution in [0.4, 0.5) is 0 Å². The van der Waals surface area contributed by atoms with Crippen LogP contribution in [0.5, 0.6) is 5.75 Å². The highest BCUT2D eigenvalue weighted by atomic mass is 16.5. The third-order valence-corrected chi connectivity index (χ3v) is 2.84. The van der Waals surface area contributed by atoms with Gasteiger partial charge in [0, 0.05) is 5.56 Å². The van der Waals surface area contributed by atoms with Crippen LogP contribution in [0, 0.1) is 0 Å². The minimum absolute atomic E-state index is 0.0873. The third-order valence-electron chi connectivity index (χ3n) is 2.84. The van der Waals surface area contributed by atoms with Gasteiger partial charge in [0.25, 0.3) is 0 Å². The van der Waals surface area contributed by atoms with Crippen molar-refractivity contribution in [3.05, 3.63) is 65.7 Å². The summed E-state index contributed by atoms with van der Waals surface area (Å²) in [4.78, 5) is 0. The molecule has 0 aliphatic rings. The molecule has 0 unspecified atom stereocenters. The lowest BCUT2D eigenvalue weighted by Gasteiger charge is -2.08. The number of amidine groups is 1. The first-order valence-electron chi connectivity index (χ1n) is 6.62. The highest BCUT2D eigenvalue weighted by molar-refractivity contribution is 5.97. The molecule has 0 radical (unpaired) electrons. The van der Waals surface area contributed by atoms with Crippen LogP contribution in [0.2, 0.25) is 0 Å². The van der Waals surface area contributed by atoms with Crippen molar-refractivity contribution in [2.24, 2.45) is 10.9 Å². The molecule has 0 aliphatic heterocycles. The summed E-state index contributed by atoms with van der Waals surface area (Å²) in [5.74, 6) is 0.916. The molecule has 0 saturated heterocycles. The van der Waals surface area contributed by atoms with Gasteiger partial charge in [-0.2, -0.15) is 0 Å². The van der Waals surface area contributed by atoms with E-state index in [1.807, 2.05) is 48.5 Å². The number of nitrogens with zero attached hydrogens (tertiary/aromatic N) is 1. The van der Waals surface area contributed by atoms with E-state index < -0.39 is 0 Å². The van der Waals surface area contributed by atoms with Gasteiger partial charge >= 0.3 is 0 Å². The van der Waals surface area contributed by atoms with Gasteiger partial charge in [-0.05, 0) is 23.8 Å². The number of ether oxygens (including phenoxy) is 2. The summed E-state index contributed by atoms with van der Waals surface area (Å²) in [5, 5.41) is 11.6. The van der Waals surface area contributed by atoms with Crippen molar-refractivity contribution < 1.29 is 14.7 Å². The number of nitrogens with two attached hydrogens (primary N) is 1. The SMILES string of the molecule is N/C(=N\O)c1cccc(COCCOc2ccccc2)c1. The molecule has 0 atom stereocenters. The minimum Gasteiger partial charge on any atom is -0.491 e. The molecule has 2 aromatic carbocycles. The second kappa shape index (κ2) is 7.91. The fraction of sp³-hybridized carbons (Fsp3) is 0.188. The fourth-order valence-electron chi connectivity index (χ4n) is 1.80. The lowest BCUT2D eigenvalue weighted by atomic mass is 10.1. The summed E-state index contributed by atoms with van der Waals surface area (Å²) >= 11 is 0. The number of hydrogen-bond donors (Lipinski definition) is 2. The highest BCUT2D eigenvalue weighted by Gasteiger charge is 2.01. The molecule has 2 rings (SSSR count). The number of para-hydroxylation sites is 1. The Hall–Kier alpha value is -2.53. The monoisotopic (exact) mass is 286 g/mol. The summed E-state index contributed by atoms with van der Waals surface area (Å²) in [7, 11) is 0. The first-order valence-corrected chi connectivity index (χ1v) is 6.62. The fourth-order valence-corrected chi connectivity index (χ4v) is 1.80. The van der Waals surface area contributed by atoms with Gasteiger partial charge in [0.05, 0.1) is 13.2 Å². The maximum absolute atomic E-state index is 8.65. The topological polar surface area (TPSA) is 77.1 Å². The zero-order valence-corrected chi connectivity index (χ0v) is 11.6. The lowest BCUT2D eigenvalue weighted by molar-refractivity contribution is 0.0889. The van der Waals surface area contributed by atoms with Crippen molar-refractivity contribution in [2.75, 3.05) is 13.2 Å². The molecule has 21 heavy (non-hydrogen) atoms. The first kappa shape index (κ1) is 14.9. The van der Waals surface area contributed by atoms with Crippen molar-refractivity contribution >= 4 is 5.84 Å². The van der Waals surface area contributed by atoms with Crippen LogP contribution in [0.15, 0.2) is 59.8 Å². The van der Waals surface area contributed by atoms with E-state index in [9.17, 15) is 0 Å². The molecule has 5 nitrogen and oxygen atoms in total. The van der Waals surface area contributed by atoms with Gasteiger partial charge in [0.2, 0.25) is 0 Å². The zero-order chi connectivity index (χ0) is 14.9. The van der Waals surface area contributed by atoms with Crippen molar-refractivity contribution in [2.45, 2.75) is 6.61 Å². The van der Waals surface area contributed by atoms with E-state index in [-0.39, 0.29) is 5.84 Å². The molecule has 110 valence electrons. The van der Waals surface area contributed by atoms with E-state index in [1.165, 1.54) is 0 Å². The van der Waals surface area contributed by atoms with Gasteiger partial charge < -0.3 is 20.4 Å². The smallest absolute Gasteiger partial charge is 0.170 e. The largest absolute Gasteiger partial charge is 0.491 e. The maximum atomic E-state index is 8.65. The molecule has 0 aliphatic carbocycles. The molecule has 0 spiro atoms. The molecule has 2 aromatic rings. The number of hydrogen-bond acceptors (Lipinski definition) is 4.